The van der Waals surface area contributed by atoms with Crippen LogP contribution in [0.1, 0.15) is 0 Å². The SMILES string of the molecule is COc1ccccc1SCl. The highest BCUT2D eigenvalue weighted by atomic mass is 35.7. The summed E-state index contributed by atoms with van der Waals surface area (Å²) in [5, 5.41) is 0. The Labute approximate surface area is 68.8 Å². The number of benzene rings is 1. The Bertz CT molecular complexity index is 192. The van der Waals surface area contributed by atoms with Crippen LogP contribution in [0.5, 0.6) is 5.75 Å². The lowest BCUT2D eigenvalue weighted by atomic mass is 10.3. The third-order valence-corrected chi connectivity index (χ3v) is 2.15. The third-order valence-electron chi connectivity index (χ3n) is 1.15. The summed E-state index contributed by atoms with van der Waals surface area (Å²) in [4.78, 5) is 0.951. The number of ether oxygens (including phenoxy) is 1. The Hall–Kier alpha value is -0.340. The van der Waals surface area contributed by atoms with Gasteiger partial charge in [0.15, 0.2) is 0 Å². The molecular weight excluding hydrogens is 168 g/mol. The van der Waals surface area contributed by atoms with Crippen molar-refractivity contribution in [2.24, 2.45) is 0 Å². The summed E-state index contributed by atoms with van der Waals surface area (Å²) >= 11 is 0. The van der Waals surface area contributed by atoms with Gasteiger partial charge in [-0.15, -0.1) is 0 Å². The number of halogens is 1. The highest BCUT2D eigenvalue weighted by Gasteiger charge is 1.98. The molecule has 1 nitrogen and oxygen atoms in total. The van der Waals surface area contributed by atoms with Crippen LogP contribution in [0.15, 0.2) is 29.2 Å². The maximum atomic E-state index is 5.55. The molecule has 0 heterocycles. The van der Waals surface area contributed by atoms with Gasteiger partial charge >= 0.3 is 0 Å². The van der Waals surface area contributed by atoms with E-state index in [0.29, 0.717) is 0 Å². The van der Waals surface area contributed by atoms with E-state index in [-0.39, 0.29) is 0 Å². The number of hydrogen-bond acceptors (Lipinski definition) is 2. The second-order valence-electron chi connectivity index (χ2n) is 1.73. The molecule has 3 heteroatoms. The first-order chi connectivity index (χ1) is 4.88. The minimum atomic E-state index is 0.822. The van der Waals surface area contributed by atoms with E-state index in [2.05, 4.69) is 0 Å². The number of methoxy groups -OCH3 is 1. The van der Waals surface area contributed by atoms with Gasteiger partial charge in [0.05, 0.1) is 12.0 Å². The van der Waals surface area contributed by atoms with Gasteiger partial charge < -0.3 is 4.74 Å². The Kier molecular flexibility index (Phi) is 2.90. The van der Waals surface area contributed by atoms with Crippen LogP contribution >= 0.6 is 21.7 Å². The van der Waals surface area contributed by atoms with E-state index in [1.807, 2.05) is 24.3 Å². The van der Waals surface area contributed by atoms with Crippen LogP contribution in [0, 0.1) is 0 Å². The van der Waals surface area contributed by atoms with Crippen LogP contribution < -0.4 is 4.74 Å². The average Bonchev–Trinajstić information content (AvgIpc) is 2.04. The molecule has 0 N–H and O–H groups in total. The second-order valence-corrected chi connectivity index (χ2v) is 2.79. The molecule has 0 aliphatic carbocycles. The molecule has 1 aromatic carbocycles. The lowest BCUT2D eigenvalue weighted by Crippen LogP contribution is -1.82. The van der Waals surface area contributed by atoms with Crippen LogP contribution in [-0.4, -0.2) is 7.11 Å². The van der Waals surface area contributed by atoms with E-state index in [4.69, 9.17) is 15.4 Å². The minimum Gasteiger partial charge on any atom is -0.496 e. The number of para-hydroxylation sites is 1. The van der Waals surface area contributed by atoms with E-state index >= 15 is 0 Å². The zero-order chi connectivity index (χ0) is 7.40. The molecule has 0 saturated heterocycles. The maximum Gasteiger partial charge on any atom is 0.133 e. The van der Waals surface area contributed by atoms with Gasteiger partial charge in [0.1, 0.15) is 5.75 Å². The Morgan fingerprint density at radius 2 is 2.10 bits per heavy atom. The van der Waals surface area contributed by atoms with Gasteiger partial charge in [-0.2, -0.15) is 0 Å². The van der Waals surface area contributed by atoms with Crippen LogP contribution in [0.2, 0.25) is 0 Å². The largest absolute Gasteiger partial charge is 0.496 e. The third kappa shape index (κ3) is 1.58. The molecule has 0 atom stereocenters. The fourth-order valence-electron chi connectivity index (χ4n) is 0.683. The average molecular weight is 175 g/mol. The molecule has 0 amide bonds. The summed E-state index contributed by atoms with van der Waals surface area (Å²) in [5.74, 6) is 0.822. The Morgan fingerprint density at radius 1 is 1.40 bits per heavy atom. The molecule has 0 aliphatic rings. The predicted molar refractivity (Wildman–Crippen MR) is 44.7 cm³/mol. The molecular formula is C7H7ClOS. The van der Waals surface area contributed by atoms with Crippen molar-refractivity contribution in [3.8, 4) is 5.75 Å². The molecule has 0 saturated carbocycles. The van der Waals surface area contributed by atoms with Crippen molar-refractivity contribution in [2.75, 3.05) is 7.11 Å². The van der Waals surface area contributed by atoms with Crippen molar-refractivity contribution in [1.82, 2.24) is 0 Å². The monoisotopic (exact) mass is 174 g/mol. The lowest BCUT2D eigenvalue weighted by Gasteiger charge is -2.01. The summed E-state index contributed by atoms with van der Waals surface area (Å²) in [5.41, 5.74) is 0. The van der Waals surface area contributed by atoms with Gasteiger partial charge in [0.25, 0.3) is 0 Å². The molecule has 0 aliphatic heterocycles. The van der Waals surface area contributed by atoms with Crippen LogP contribution in [0.4, 0.5) is 0 Å². The predicted octanol–water partition coefficient (Wildman–Crippen LogP) is 2.94. The van der Waals surface area contributed by atoms with E-state index in [9.17, 15) is 0 Å². The maximum absolute atomic E-state index is 5.55. The molecule has 0 fully saturated rings. The van der Waals surface area contributed by atoms with Crippen molar-refractivity contribution in [2.45, 2.75) is 4.90 Å². The van der Waals surface area contributed by atoms with Crippen molar-refractivity contribution in [3.05, 3.63) is 24.3 Å². The first-order valence-electron chi connectivity index (χ1n) is 2.80. The highest BCUT2D eigenvalue weighted by molar-refractivity contribution is 8.21. The van der Waals surface area contributed by atoms with Crippen molar-refractivity contribution in [1.29, 1.82) is 0 Å². The molecule has 1 aromatic rings. The Balaban J connectivity index is 2.96. The number of hydrogen-bond donors (Lipinski definition) is 0. The summed E-state index contributed by atoms with van der Waals surface area (Å²) in [6, 6.07) is 7.63. The molecule has 0 aromatic heterocycles. The minimum absolute atomic E-state index is 0.822. The summed E-state index contributed by atoms with van der Waals surface area (Å²) in [6.45, 7) is 0. The van der Waals surface area contributed by atoms with E-state index in [0.717, 1.165) is 10.6 Å². The molecule has 0 radical (unpaired) electrons. The zero-order valence-electron chi connectivity index (χ0n) is 5.50. The van der Waals surface area contributed by atoms with Crippen molar-refractivity contribution < 1.29 is 4.74 Å². The normalized spacial score (nSPS) is 9.40. The van der Waals surface area contributed by atoms with Crippen molar-refractivity contribution >= 4 is 21.7 Å². The van der Waals surface area contributed by atoms with Crippen LogP contribution in [0.25, 0.3) is 0 Å². The fraction of sp³-hybridized carbons (Fsp3) is 0.143. The van der Waals surface area contributed by atoms with E-state index in [1.165, 1.54) is 11.0 Å². The first kappa shape index (κ1) is 7.76. The van der Waals surface area contributed by atoms with Gasteiger partial charge in [-0.05, 0) is 33.8 Å². The first-order valence-corrected chi connectivity index (χ1v) is 4.44. The molecule has 54 valence electrons. The summed E-state index contributed by atoms with van der Waals surface area (Å²) in [6.07, 6.45) is 0. The molecule has 0 bridgehead atoms. The quantitative estimate of drug-likeness (QED) is 0.682. The van der Waals surface area contributed by atoms with Gasteiger partial charge in [0, 0.05) is 0 Å². The van der Waals surface area contributed by atoms with E-state index in [1.54, 1.807) is 7.11 Å². The molecule has 0 unspecified atom stereocenters. The standard InChI is InChI=1S/C7H7ClOS/c1-9-6-4-2-3-5-7(6)10-8/h2-5H,1H3. The molecule has 10 heavy (non-hydrogen) atoms. The second kappa shape index (κ2) is 3.74. The van der Waals surface area contributed by atoms with Gasteiger partial charge in [-0.3, -0.25) is 0 Å². The van der Waals surface area contributed by atoms with Gasteiger partial charge in [0.2, 0.25) is 0 Å². The topological polar surface area (TPSA) is 9.23 Å². The highest BCUT2D eigenvalue weighted by Crippen LogP contribution is 2.30. The Morgan fingerprint density at radius 3 is 2.60 bits per heavy atom. The smallest absolute Gasteiger partial charge is 0.133 e. The lowest BCUT2D eigenvalue weighted by molar-refractivity contribution is 0.405. The summed E-state index contributed by atoms with van der Waals surface area (Å²) < 4.78 is 5.03. The summed E-state index contributed by atoms with van der Waals surface area (Å²) in [7, 11) is 8.35. The van der Waals surface area contributed by atoms with Crippen LogP contribution in [0.3, 0.4) is 0 Å². The van der Waals surface area contributed by atoms with Crippen molar-refractivity contribution in [3.63, 3.8) is 0 Å². The van der Waals surface area contributed by atoms with E-state index < -0.39 is 0 Å². The number of rotatable bonds is 2. The zero-order valence-corrected chi connectivity index (χ0v) is 7.08. The van der Waals surface area contributed by atoms with Gasteiger partial charge in [-0.25, -0.2) is 0 Å². The fourth-order valence-corrected chi connectivity index (χ4v) is 1.42. The van der Waals surface area contributed by atoms with Gasteiger partial charge in [-0.1, -0.05) is 12.1 Å². The van der Waals surface area contributed by atoms with Crippen LogP contribution in [-0.2, 0) is 0 Å². The molecule has 1 rings (SSSR count). The molecule has 0 spiro atoms.